The van der Waals surface area contributed by atoms with Gasteiger partial charge in [0, 0.05) is 21.1 Å². The first-order chi connectivity index (χ1) is 16.1. The van der Waals surface area contributed by atoms with Crippen molar-refractivity contribution in [3.05, 3.63) is 97.8 Å². The predicted molar refractivity (Wildman–Crippen MR) is 153 cm³/mol. The highest BCUT2D eigenvalue weighted by Crippen LogP contribution is 2.50. The molecule has 2 atom stereocenters. The van der Waals surface area contributed by atoms with Crippen LogP contribution in [0.2, 0.25) is 0 Å². The third kappa shape index (κ3) is 4.85. The molecule has 0 nitrogen and oxygen atoms in total. The summed E-state index contributed by atoms with van der Waals surface area (Å²) in [6, 6.07) is 15.8. The molecule has 0 aromatic heterocycles. The van der Waals surface area contributed by atoms with Gasteiger partial charge >= 0.3 is 0 Å². The van der Waals surface area contributed by atoms with Crippen LogP contribution in [-0.2, 0) is 5.41 Å². The maximum absolute atomic E-state index is 3.94. The Morgan fingerprint density at radius 3 is 2.26 bits per heavy atom. The zero-order valence-corrected chi connectivity index (χ0v) is 23.6. The summed E-state index contributed by atoms with van der Waals surface area (Å²) in [5.41, 5.74) is 12.0. The summed E-state index contributed by atoms with van der Waals surface area (Å²) in [4.78, 5) is 3.02. The summed E-state index contributed by atoms with van der Waals surface area (Å²) >= 11 is 1.94. The van der Waals surface area contributed by atoms with E-state index in [4.69, 9.17) is 0 Å². The average molecular weight is 482 g/mol. The van der Waals surface area contributed by atoms with Gasteiger partial charge in [0.25, 0.3) is 0 Å². The first-order valence-electron chi connectivity index (χ1n) is 12.5. The van der Waals surface area contributed by atoms with Gasteiger partial charge in [-0.25, -0.2) is 0 Å². The van der Waals surface area contributed by atoms with Gasteiger partial charge in [-0.15, -0.1) is 0 Å². The van der Waals surface area contributed by atoms with E-state index >= 15 is 0 Å². The van der Waals surface area contributed by atoms with E-state index in [1.165, 1.54) is 55.2 Å². The summed E-state index contributed by atoms with van der Waals surface area (Å²) in [7, 11) is 3.94. The van der Waals surface area contributed by atoms with Crippen LogP contribution in [0.5, 0.6) is 0 Å². The molecule has 0 fully saturated rings. The van der Waals surface area contributed by atoms with Crippen LogP contribution in [0.1, 0.15) is 83.5 Å². The van der Waals surface area contributed by atoms with Crippen molar-refractivity contribution in [1.29, 1.82) is 0 Å². The largest absolute Gasteiger partial charge is 0.0983 e. The fourth-order valence-electron chi connectivity index (χ4n) is 5.11. The molecule has 0 spiro atoms. The van der Waals surface area contributed by atoms with Gasteiger partial charge in [0.2, 0.25) is 0 Å². The van der Waals surface area contributed by atoms with Gasteiger partial charge in [0.1, 0.15) is 0 Å². The van der Waals surface area contributed by atoms with E-state index in [0.29, 0.717) is 11.5 Å². The lowest BCUT2D eigenvalue weighted by Gasteiger charge is -2.19. The Morgan fingerprint density at radius 1 is 0.941 bits per heavy atom. The maximum atomic E-state index is 3.94. The first-order valence-corrected chi connectivity index (χ1v) is 13.9. The van der Waals surface area contributed by atoms with Crippen molar-refractivity contribution in [3.8, 4) is 11.1 Å². The Labute approximate surface area is 214 Å². The molecule has 2 aliphatic carbocycles. The first kappa shape index (κ1) is 25.1. The van der Waals surface area contributed by atoms with E-state index in [2.05, 4.69) is 119 Å². The summed E-state index contributed by atoms with van der Waals surface area (Å²) in [6.45, 7) is 15.7. The molecule has 0 saturated heterocycles. The molecule has 0 N–H and O–H groups in total. The molecule has 34 heavy (non-hydrogen) atoms. The van der Waals surface area contributed by atoms with Crippen LogP contribution in [0.4, 0.5) is 0 Å². The van der Waals surface area contributed by atoms with Crippen LogP contribution >= 0.6 is 11.8 Å². The molecule has 0 amide bonds. The van der Waals surface area contributed by atoms with E-state index in [1.54, 1.807) is 5.57 Å². The molecule has 0 saturated carbocycles. The highest BCUT2D eigenvalue weighted by molar-refractivity contribution is 8.07. The molecule has 5 rings (SSSR count). The third-order valence-electron chi connectivity index (χ3n) is 7.26. The van der Waals surface area contributed by atoms with Crippen LogP contribution < -0.4 is 0 Å². The minimum absolute atomic E-state index is 0.200. The Hall–Kier alpha value is -2.03. The molecule has 175 valence electrons. The third-order valence-corrected chi connectivity index (χ3v) is 9.18. The van der Waals surface area contributed by atoms with Crippen LogP contribution in [-0.4, -0.2) is 10.2 Å². The van der Waals surface area contributed by atoms with Gasteiger partial charge in [0.15, 0.2) is 0 Å². The minimum atomic E-state index is 0.200. The van der Waals surface area contributed by atoms with Gasteiger partial charge in [0.05, 0.1) is 0 Å². The monoisotopic (exact) mass is 481 g/mol. The van der Waals surface area contributed by atoms with Crippen molar-refractivity contribution in [2.75, 3.05) is 0 Å². The van der Waals surface area contributed by atoms with Crippen LogP contribution in [0.3, 0.4) is 0 Å². The van der Waals surface area contributed by atoms with Gasteiger partial charge in [-0.1, -0.05) is 123 Å². The topological polar surface area (TPSA) is 0 Å². The predicted octanol–water partition coefficient (Wildman–Crippen LogP) is 9.54. The number of hydrogen-bond donors (Lipinski definition) is 0. The molecule has 2 aromatic carbocycles. The minimum Gasteiger partial charge on any atom is -0.0983 e. The Kier molecular flexibility index (Phi) is 7.31. The van der Waals surface area contributed by atoms with Gasteiger partial charge in [-0.3, -0.25) is 0 Å². The SMILES string of the molecule is CC1=CC=C2SC(C)=C(C)C12.CCCC1=Cc2c(-c3ccc(C(C)(C)C)cc3)cccc2C1[Si]. The van der Waals surface area contributed by atoms with Crippen molar-refractivity contribution in [1.82, 2.24) is 0 Å². The Bertz CT molecular complexity index is 1200. The van der Waals surface area contributed by atoms with Gasteiger partial charge in [-0.05, 0) is 70.9 Å². The molecule has 1 heterocycles. The van der Waals surface area contributed by atoms with E-state index in [1.807, 2.05) is 11.8 Å². The standard InChI is InChI=1S/C22H25Si.C10H12S/c1-5-7-16-14-20-18(8-6-9-19(20)21(16)23)15-10-12-17(13-11-15)22(2,3)4;1-6-4-5-9-10(6)7(2)8(3)11-9/h6,8-14,21H,5,7H2,1-4H3;4-5,10H,1-3H3. The van der Waals surface area contributed by atoms with E-state index < -0.39 is 0 Å². The molecular weight excluding hydrogens is 445 g/mol. The number of fused-ring (bicyclic) bond motifs is 2. The molecule has 2 unspecified atom stereocenters. The number of benzene rings is 2. The van der Waals surface area contributed by atoms with Crippen LogP contribution in [0, 0.1) is 5.92 Å². The van der Waals surface area contributed by atoms with Gasteiger partial charge in [-0.2, -0.15) is 0 Å². The fourth-order valence-corrected chi connectivity index (χ4v) is 6.84. The zero-order valence-electron chi connectivity index (χ0n) is 21.8. The fraction of sp³-hybridized carbons (Fsp3) is 0.375. The molecule has 0 bridgehead atoms. The average Bonchev–Trinajstić information content (AvgIpc) is 3.42. The van der Waals surface area contributed by atoms with Gasteiger partial charge < -0.3 is 0 Å². The van der Waals surface area contributed by atoms with Crippen molar-refractivity contribution in [3.63, 3.8) is 0 Å². The van der Waals surface area contributed by atoms with Crippen LogP contribution in [0.25, 0.3) is 17.2 Å². The summed E-state index contributed by atoms with van der Waals surface area (Å²) < 4.78 is 0. The summed E-state index contributed by atoms with van der Waals surface area (Å²) in [5.74, 6) is 0.653. The molecule has 2 aromatic rings. The smallest absolute Gasteiger partial charge is 0.0392 e. The quantitative estimate of drug-likeness (QED) is 0.393. The summed E-state index contributed by atoms with van der Waals surface area (Å²) in [5, 5.41) is 0. The maximum Gasteiger partial charge on any atom is 0.0392 e. The van der Waals surface area contributed by atoms with Crippen LogP contribution in [0.15, 0.2) is 81.1 Å². The Balaban J connectivity index is 0.000000207. The number of thioether (sulfide) groups is 1. The summed E-state index contributed by atoms with van der Waals surface area (Å²) in [6.07, 6.45) is 9.23. The molecular formula is C32H37SSi. The van der Waals surface area contributed by atoms with E-state index in [9.17, 15) is 0 Å². The normalized spacial score (nSPS) is 20.9. The second-order valence-corrected chi connectivity index (χ2v) is 12.7. The van der Waals surface area contributed by atoms with Crippen molar-refractivity contribution in [2.45, 2.75) is 72.3 Å². The number of hydrogen-bond acceptors (Lipinski definition) is 1. The van der Waals surface area contributed by atoms with E-state index in [-0.39, 0.29) is 5.41 Å². The van der Waals surface area contributed by atoms with Crippen molar-refractivity contribution in [2.24, 2.45) is 5.92 Å². The molecule has 3 radical (unpaired) electrons. The lowest BCUT2D eigenvalue weighted by molar-refractivity contribution is 0.590. The molecule has 3 aliphatic rings. The highest BCUT2D eigenvalue weighted by Gasteiger charge is 2.29. The van der Waals surface area contributed by atoms with Crippen molar-refractivity contribution >= 4 is 28.1 Å². The number of rotatable bonds is 3. The molecule has 2 heteroatoms. The second-order valence-electron chi connectivity index (χ2n) is 10.8. The van der Waals surface area contributed by atoms with E-state index in [0.717, 1.165) is 6.42 Å². The second kappa shape index (κ2) is 9.91. The highest BCUT2D eigenvalue weighted by atomic mass is 32.2. The lowest BCUT2D eigenvalue weighted by Crippen LogP contribution is -2.10. The molecule has 1 aliphatic heterocycles. The van der Waals surface area contributed by atoms with Crippen molar-refractivity contribution < 1.29 is 0 Å². The number of allylic oxidation sites excluding steroid dienone is 7. The zero-order chi connectivity index (χ0) is 24.6. The Morgan fingerprint density at radius 2 is 1.65 bits per heavy atom. The lowest BCUT2D eigenvalue weighted by atomic mass is 9.86.